The van der Waals surface area contributed by atoms with Crippen LogP contribution in [0, 0.1) is 12.8 Å². The van der Waals surface area contributed by atoms with Gasteiger partial charge in [-0.25, -0.2) is 0 Å². The lowest BCUT2D eigenvalue weighted by atomic mass is 9.92. The largest absolute Gasteiger partial charge is 0.508 e. The number of aromatic hydroxyl groups is 1. The molecular formula is C15H23NO5. The van der Waals surface area contributed by atoms with Crippen LogP contribution in [0.25, 0.3) is 0 Å². The van der Waals surface area contributed by atoms with Gasteiger partial charge in [0.2, 0.25) is 0 Å². The summed E-state index contributed by atoms with van der Waals surface area (Å²) in [6.07, 6.45) is 0.0437. The zero-order chi connectivity index (χ0) is 16.6. The lowest BCUT2D eigenvalue weighted by molar-refractivity contribution is -0.143. The first-order chi connectivity index (χ1) is 9.81. The van der Waals surface area contributed by atoms with Crippen molar-refractivity contribution in [3.63, 3.8) is 0 Å². The van der Waals surface area contributed by atoms with E-state index >= 15 is 0 Å². The molecule has 0 aromatic heterocycles. The molecule has 0 radical (unpaired) electrons. The Bertz CT molecular complexity index is 487. The first-order valence-corrected chi connectivity index (χ1v) is 6.81. The number of aliphatic carboxylic acids is 2. The lowest BCUT2D eigenvalue weighted by Gasteiger charge is -2.15. The minimum Gasteiger partial charge on any atom is -0.508 e. The second-order valence-corrected chi connectivity index (χ2v) is 4.54. The van der Waals surface area contributed by atoms with Crippen molar-refractivity contribution in [2.75, 3.05) is 0 Å². The smallest absolute Gasteiger partial charge is 0.320 e. The number of phenols is 1. The summed E-state index contributed by atoms with van der Waals surface area (Å²) in [4.78, 5) is 21.8. The van der Waals surface area contributed by atoms with Crippen molar-refractivity contribution < 1.29 is 24.9 Å². The van der Waals surface area contributed by atoms with Crippen LogP contribution in [-0.2, 0) is 16.0 Å². The summed E-state index contributed by atoms with van der Waals surface area (Å²) >= 11 is 0. The third-order valence-corrected chi connectivity index (χ3v) is 2.95. The molecule has 1 aromatic rings. The van der Waals surface area contributed by atoms with Crippen molar-refractivity contribution in [2.24, 2.45) is 11.7 Å². The van der Waals surface area contributed by atoms with Crippen molar-refractivity contribution >= 4 is 11.9 Å². The first-order valence-electron chi connectivity index (χ1n) is 6.81. The van der Waals surface area contributed by atoms with E-state index in [1.54, 1.807) is 19.1 Å². The maximum Gasteiger partial charge on any atom is 0.320 e. The van der Waals surface area contributed by atoms with Crippen molar-refractivity contribution in [3.8, 4) is 5.75 Å². The Morgan fingerprint density at radius 2 is 1.76 bits per heavy atom. The number of rotatable bonds is 6. The van der Waals surface area contributed by atoms with Crippen LogP contribution in [0.3, 0.4) is 0 Å². The van der Waals surface area contributed by atoms with E-state index in [2.05, 4.69) is 0 Å². The molecule has 0 saturated heterocycles. The predicted molar refractivity (Wildman–Crippen MR) is 79.2 cm³/mol. The summed E-state index contributed by atoms with van der Waals surface area (Å²) in [6.45, 7) is 5.71. The summed E-state index contributed by atoms with van der Waals surface area (Å²) < 4.78 is 0. The summed E-state index contributed by atoms with van der Waals surface area (Å²) in [5, 5.41) is 27.2. The fourth-order valence-electron chi connectivity index (χ4n) is 1.81. The Balaban J connectivity index is 0.00000191. The quantitative estimate of drug-likeness (QED) is 0.635. The molecule has 1 aromatic carbocycles. The highest BCUT2D eigenvalue weighted by molar-refractivity contribution is 5.76. The Labute approximate surface area is 124 Å². The van der Waals surface area contributed by atoms with Gasteiger partial charge in [0.15, 0.2) is 0 Å². The van der Waals surface area contributed by atoms with Gasteiger partial charge >= 0.3 is 11.9 Å². The molecule has 5 N–H and O–H groups in total. The number of aryl methyl sites for hydroxylation is 1. The number of carboxylic acid groups (broad SMARTS) is 2. The van der Waals surface area contributed by atoms with E-state index in [4.69, 9.17) is 15.9 Å². The molecule has 21 heavy (non-hydrogen) atoms. The molecule has 0 aliphatic rings. The monoisotopic (exact) mass is 297 g/mol. The molecule has 0 spiro atoms. The maximum absolute atomic E-state index is 11.1. The Kier molecular flexibility index (Phi) is 8.08. The van der Waals surface area contributed by atoms with Crippen LogP contribution in [0.15, 0.2) is 18.2 Å². The van der Waals surface area contributed by atoms with Gasteiger partial charge in [0.1, 0.15) is 11.8 Å². The molecule has 0 fully saturated rings. The molecule has 0 aliphatic heterocycles. The van der Waals surface area contributed by atoms with E-state index in [0.29, 0.717) is 5.56 Å². The molecule has 0 heterocycles. The highest BCUT2D eigenvalue weighted by atomic mass is 16.4. The molecule has 0 amide bonds. The average molecular weight is 297 g/mol. The average Bonchev–Trinajstić information content (AvgIpc) is 2.44. The van der Waals surface area contributed by atoms with E-state index in [9.17, 15) is 14.7 Å². The fraction of sp³-hybridized carbons (Fsp3) is 0.467. The number of phenolic OH excluding ortho intramolecular Hbond substituents is 1. The number of carbonyl (C=O) groups is 2. The first kappa shape index (κ1) is 18.9. The molecule has 0 bridgehead atoms. The van der Waals surface area contributed by atoms with Crippen LogP contribution in [-0.4, -0.2) is 33.3 Å². The molecule has 1 unspecified atom stereocenters. The Hall–Kier alpha value is -2.08. The highest BCUT2D eigenvalue weighted by Crippen LogP contribution is 2.21. The summed E-state index contributed by atoms with van der Waals surface area (Å²) in [7, 11) is 0. The molecule has 6 heteroatoms. The van der Waals surface area contributed by atoms with E-state index in [1.807, 2.05) is 13.8 Å². The molecule has 2 atom stereocenters. The van der Waals surface area contributed by atoms with Crippen molar-refractivity contribution in [3.05, 3.63) is 29.3 Å². The van der Waals surface area contributed by atoms with E-state index < -0.39 is 23.9 Å². The maximum atomic E-state index is 11.1. The fourth-order valence-corrected chi connectivity index (χ4v) is 1.81. The van der Waals surface area contributed by atoms with Crippen LogP contribution >= 0.6 is 0 Å². The zero-order valence-corrected chi connectivity index (χ0v) is 12.5. The van der Waals surface area contributed by atoms with Gasteiger partial charge in [0.25, 0.3) is 0 Å². The predicted octanol–water partition coefficient (Wildman–Crippen LogP) is 1.77. The van der Waals surface area contributed by atoms with Crippen LogP contribution in [0.5, 0.6) is 5.75 Å². The van der Waals surface area contributed by atoms with Gasteiger partial charge in [0.05, 0.1) is 5.92 Å². The molecule has 0 saturated carbocycles. The Morgan fingerprint density at radius 3 is 2.19 bits per heavy atom. The van der Waals surface area contributed by atoms with Gasteiger partial charge in [-0.15, -0.1) is 0 Å². The standard InChI is InChI=1S/C13H17NO5.C2H6/c1-7-4-8(2-3-11(7)15)5-9(12(16)17)6-10(14)13(18)19;1-2/h2-4,9-10,15H,5-6,14H2,1H3,(H,16,17)(H,18,19);1-2H3/t9-,10?;/m0./s1. The molecule has 118 valence electrons. The number of hydrogen-bond donors (Lipinski definition) is 4. The number of carboxylic acids is 2. The van der Waals surface area contributed by atoms with Gasteiger partial charge in [-0.1, -0.05) is 26.0 Å². The third-order valence-electron chi connectivity index (χ3n) is 2.95. The minimum absolute atomic E-state index is 0.134. The van der Waals surface area contributed by atoms with Gasteiger partial charge < -0.3 is 21.1 Å². The molecular weight excluding hydrogens is 274 g/mol. The van der Waals surface area contributed by atoms with Gasteiger partial charge in [-0.2, -0.15) is 0 Å². The highest BCUT2D eigenvalue weighted by Gasteiger charge is 2.24. The van der Waals surface area contributed by atoms with Crippen LogP contribution in [0.4, 0.5) is 0 Å². The topological polar surface area (TPSA) is 121 Å². The molecule has 6 nitrogen and oxygen atoms in total. The molecule has 1 rings (SSSR count). The number of benzene rings is 1. The summed E-state index contributed by atoms with van der Waals surface area (Å²) in [5.41, 5.74) is 6.73. The zero-order valence-electron chi connectivity index (χ0n) is 12.5. The third kappa shape index (κ3) is 6.27. The van der Waals surface area contributed by atoms with Gasteiger partial charge in [-0.3, -0.25) is 9.59 Å². The van der Waals surface area contributed by atoms with E-state index in [1.165, 1.54) is 6.07 Å². The SMILES string of the molecule is CC.Cc1cc(C[C@@H](CC(N)C(=O)O)C(=O)O)ccc1O. The summed E-state index contributed by atoms with van der Waals surface area (Å²) in [5.74, 6) is -3.02. The molecule has 0 aliphatic carbocycles. The van der Waals surface area contributed by atoms with Gasteiger partial charge in [0, 0.05) is 0 Å². The normalized spacial score (nSPS) is 12.8. The second-order valence-electron chi connectivity index (χ2n) is 4.54. The second kappa shape index (κ2) is 8.97. The Morgan fingerprint density at radius 1 is 1.19 bits per heavy atom. The van der Waals surface area contributed by atoms with Crippen LogP contribution < -0.4 is 5.73 Å². The van der Waals surface area contributed by atoms with E-state index in [0.717, 1.165) is 5.56 Å². The van der Waals surface area contributed by atoms with Gasteiger partial charge in [-0.05, 0) is 37.0 Å². The van der Waals surface area contributed by atoms with Crippen molar-refractivity contribution in [1.29, 1.82) is 0 Å². The minimum atomic E-state index is -1.21. The van der Waals surface area contributed by atoms with Crippen LogP contribution in [0.2, 0.25) is 0 Å². The summed E-state index contributed by atoms with van der Waals surface area (Å²) in [6, 6.07) is 3.59. The van der Waals surface area contributed by atoms with Crippen molar-refractivity contribution in [2.45, 2.75) is 39.7 Å². The number of nitrogens with two attached hydrogens (primary N) is 1. The lowest BCUT2D eigenvalue weighted by Crippen LogP contribution is -2.35. The van der Waals surface area contributed by atoms with Crippen LogP contribution in [0.1, 0.15) is 31.4 Å². The number of hydrogen-bond acceptors (Lipinski definition) is 4. The van der Waals surface area contributed by atoms with E-state index in [-0.39, 0.29) is 18.6 Å². The van der Waals surface area contributed by atoms with Crippen molar-refractivity contribution in [1.82, 2.24) is 0 Å².